The molecule has 0 aromatic heterocycles. The summed E-state index contributed by atoms with van der Waals surface area (Å²) in [7, 11) is 0. The number of hydrogen-bond donors (Lipinski definition) is 1. The van der Waals surface area contributed by atoms with E-state index in [1.165, 1.54) is 0 Å². The Labute approximate surface area is 112 Å². The fraction of sp³-hybridized carbons (Fsp3) is 0.500. The Morgan fingerprint density at radius 1 is 1.56 bits per heavy atom. The van der Waals surface area contributed by atoms with Gasteiger partial charge in [0.1, 0.15) is 0 Å². The molecule has 1 heterocycles. The fourth-order valence-electron chi connectivity index (χ4n) is 2.30. The van der Waals surface area contributed by atoms with Crippen LogP contribution >= 0.6 is 11.8 Å². The zero-order valence-electron chi connectivity index (χ0n) is 10.8. The number of thioether (sulfide) groups is 1. The molecule has 0 radical (unpaired) electrons. The van der Waals surface area contributed by atoms with Crippen LogP contribution in [0.3, 0.4) is 0 Å². The Balaban J connectivity index is 2.42. The van der Waals surface area contributed by atoms with Gasteiger partial charge in [-0.3, -0.25) is 0 Å². The summed E-state index contributed by atoms with van der Waals surface area (Å²) in [6.07, 6.45) is -0.505. The summed E-state index contributed by atoms with van der Waals surface area (Å²) in [4.78, 5) is 2.30. The van der Waals surface area contributed by atoms with Gasteiger partial charge in [-0.25, -0.2) is 0 Å². The summed E-state index contributed by atoms with van der Waals surface area (Å²) in [5.41, 5.74) is 2.57. The fourth-order valence-corrected chi connectivity index (χ4v) is 3.31. The van der Waals surface area contributed by atoms with Gasteiger partial charge in [0, 0.05) is 35.3 Å². The third kappa shape index (κ3) is 2.63. The van der Waals surface area contributed by atoms with E-state index in [1.807, 2.05) is 23.9 Å². The molecule has 1 saturated heterocycles. The molecule has 0 saturated carbocycles. The molecular formula is C14H18N2OS. The molecule has 4 heteroatoms. The van der Waals surface area contributed by atoms with Gasteiger partial charge in [0.25, 0.3) is 0 Å². The molecule has 18 heavy (non-hydrogen) atoms. The molecule has 1 N–H and O–H groups in total. The van der Waals surface area contributed by atoms with E-state index in [1.54, 1.807) is 13.0 Å². The zero-order chi connectivity index (χ0) is 13.1. The maximum atomic E-state index is 9.87. The number of hydrogen-bond acceptors (Lipinski definition) is 4. The predicted molar refractivity (Wildman–Crippen MR) is 75.9 cm³/mol. The number of benzene rings is 1. The molecular weight excluding hydrogens is 244 g/mol. The molecule has 1 aromatic carbocycles. The van der Waals surface area contributed by atoms with Crippen molar-refractivity contribution in [2.45, 2.75) is 26.0 Å². The number of rotatable bonds is 2. The van der Waals surface area contributed by atoms with Crippen molar-refractivity contribution in [3.05, 3.63) is 29.3 Å². The van der Waals surface area contributed by atoms with Crippen LogP contribution in [0.4, 0.5) is 5.69 Å². The van der Waals surface area contributed by atoms with Crippen LogP contribution in [-0.4, -0.2) is 29.2 Å². The second-order valence-corrected chi connectivity index (χ2v) is 5.83. The number of aliphatic hydroxyl groups excluding tert-OH is 1. The first-order valence-electron chi connectivity index (χ1n) is 6.20. The average Bonchev–Trinajstić information content (AvgIpc) is 2.38. The van der Waals surface area contributed by atoms with Gasteiger partial charge in [-0.1, -0.05) is 6.07 Å². The first kappa shape index (κ1) is 13.3. The molecule has 1 aliphatic heterocycles. The Morgan fingerprint density at radius 2 is 2.33 bits per heavy atom. The van der Waals surface area contributed by atoms with E-state index in [4.69, 9.17) is 5.26 Å². The number of nitrogens with zero attached hydrogens (tertiary/aromatic N) is 2. The standard InChI is InChI=1S/C14H18N2OS/c1-10-9-18-6-5-16(10)14-7-12(8-15)3-4-13(14)11(2)17/h3-4,7,10-11,17H,5-6,9H2,1-2H3/t10?,11-/m0/s1. The normalized spacial score (nSPS) is 21.4. The van der Waals surface area contributed by atoms with Crippen LogP contribution in [0.15, 0.2) is 18.2 Å². The lowest BCUT2D eigenvalue weighted by atomic mass is 10.0. The van der Waals surface area contributed by atoms with E-state index in [9.17, 15) is 5.11 Å². The lowest BCUT2D eigenvalue weighted by Gasteiger charge is -2.36. The summed E-state index contributed by atoms with van der Waals surface area (Å²) in [5.74, 6) is 2.19. The Kier molecular flexibility index (Phi) is 4.15. The minimum Gasteiger partial charge on any atom is -0.389 e. The summed E-state index contributed by atoms with van der Waals surface area (Å²) < 4.78 is 0. The van der Waals surface area contributed by atoms with Gasteiger partial charge in [0.05, 0.1) is 17.7 Å². The SMILES string of the molecule is CC1CSCCN1c1cc(C#N)ccc1[C@H](C)O. The van der Waals surface area contributed by atoms with E-state index < -0.39 is 6.10 Å². The van der Waals surface area contributed by atoms with Crippen LogP contribution in [0.2, 0.25) is 0 Å². The van der Waals surface area contributed by atoms with Crippen LogP contribution in [0.5, 0.6) is 0 Å². The Morgan fingerprint density at radius 3 is 2.94 bits per heavy atom. The minimum atomic E-state index is -0.505. The van der Waals surface area contributed by atoms with Crippen molar-refractivity contribution in [1.29, 1.82) is 5.26 Å². The van der Waals surface area contributed by atoms with Crippen molar-refractivity contribution < 1.29 is 5.11 Å². The van der Waals surface area contributed by atoms with Crippen molar-refractivity contribution in [1.82, 2.24) is 0 Å². The smallest absolute Gasteiger partial charge is 0.0992 e. The maximum Gasteiger partial charge on any atom is 0.0992 e. The van der Waals surface area contributed by atoms with E-state index in [0.717, 1.165) is 29.3 Å². The van der Waals surface area contributed by atoms with Crippen LogP contribution in [0.1, 0.15) is 31.1 Å². The maximum absolute atomic E-state index is 9.87. The van der Waals surface area contributed by atoms with Crippen LogP contribution in [-0.2, 0) is 0 Å². The molecule has 1 aromatic rings. The van der Waals surface area contributed by atoms with Gasteiger partial charge in [-0.2, -0.15) is 17.0 Å². The molecule has 3 nitrogen and oxygen atoms in total. The van der Waals surface area contributed by atoms with Gasteiger partial charge in [-0.05, 0) is 26.0 Å². The van der Waals surface area contributed by atoms with Gasteiger partial charge < -0.3 is 10.0 Å². The van der Waals surface area contributed by atoms with Crippen LogP contribution in [0, 0.1) is 11.3 Å². The summed E-state index contributed by atoms with van der Waals surface area (Å²) >= 11 is 1.96. The zero-order valence-corrected chi connectivity index (χ0v) is 11.6. The van der Waals surface area contributed by atoms with Crippen LogP contribution in [0.25, 0.3) is 0 Å². The molecule has 0 amide bonds. The highest BCUT2D eigenvalue weighted by molar-refractivity contribution is 7.99. The molecule has 0 spiro atoms. The van der Waals surface area contributed by atoms with E-state index in [0.29, 0.717) is 11.6 Å². The van der Waals surface area contributed by atoms with Crippen molar-refractivity contribution in [3.63, 3.8) is 0 Å². The van der Waals surface area contributed by atoms with Crippen molar-refractivity contribution in [3.8, 4) is 6.07 Å². The quantitative estimate of drug-likeness (QED) is 0.890. The first-order chi connectivity index (χ1) is 8.63. The molecule has 0 bridgehead atoms. The molecule has 96 valence electrons. The molecule has 0 aliphatic carbocycles. The number of anilines is 1. The number of aliphatic hydroxyl groups is 1. The minimum absolute atomic E-state index is 0.440. The molecule has 1 unspecified atom stereocenters. The van der Waals surface area contributed by atoms with Crippen molar-refractivity contribution >= 4 is 17.4 Å². The highest BCUT2D eigenvalue weighted by Crippen LogP contribution is 2.31. The molecule has 2 atom stereocenters. The van der Waals surface area contributed by atoms with Gasteiger partial charge in [0.2, 0.25) is 0 Å². The summed E-state index contributed by atoms with van der Waals surface area (Å²) in [6.45, 7) is 4.94. The van der Waals surface area contributed by atoms with Crippen LogP contribution < -0.4 is 4.90 Å². The summed E-state index contributed by atoms with van der Waals surface area (Å²) in [5, 5.41) is 18.9. The van der Waals surface area contributed by atoms with Gasteiger partial charge >= 0.3 is 0 Å². The first-order valence-corrected chi connectivity index (χ1v) is 7.35. The number of nitriles is 1. The third-order valence-corrected chi connectivity index (χ3v) is 4.48. The van der Waals surface area contributed by atoms with E-state index in [2.05, 4.69) is 17.9 Å². The monoisotopic (exact) mass is 262 g/mol. The van der Waals surface area contributed by atoms with Gasteiger partial charge in [-0.15, -0.1) is 0 Å². The molecule has 2 rings (SSSR count). The third-order valence-electron chi connectivity index (χ3n) is 3.29. The second kappa shape index (κ2) is 5.64. The van der Waals surface area contributed by atoms with Crippen molar-refractivity contribution in [2.24, 2.45) is 0 Å². The second-order valence-electron chi connectivity index (χ2n) is 4.68. The highest BCUT2D eigenvalue weighted by Gasteiger charge is 2.22. The molecule has 1 fully saturated rings. The summed E-state index contributed by atoms with van der Waals surface area (Å²) in [6, 6.07) is 8.15. The predicted octanol–water partition coefficient (Wildman–Crippen LogP) is 2.55. The highest BCUT2D eigenvalue weighted by atomic mass is 32.2. The van der Waals surface area contributed by atoms with E-state index >= 15 is 0 Å². The van der Waals surface area contributed by atoms with Crippen molar-refractivity contribution in [2.75, 3.05) is 23.0 Å². The molecule has 1 aliphatic rings. The Hall–Kier alpha value is -1.18. The lowest BCUT2D eigenvalue weighted by molar-refractivity contribution is 0.199. The van der Waals surface area contributed by atoms with E-state index in [-0.39, 0.29) is 0 Å². The lowest BCUT2D eigenvalue weighted by Crippen LogP contribution is -2.41. The Bertz CT molecular complexity index is 467. The average molecular weight is 262 g/mol. The van der Waals surface area contributed by atoms with Gasteiger partial charge in [0.15, 0.2) is 0 Å². The largest absolute Gasteiger partial charge is 0.389 e. The topological polar surface area (TPSA) is 47.3 Å².